The predicted octanol–water partition coefficient (Wildman–Crippen LogP) is 5.47. The summed E-state index contributed by atoms with van der Waals surface area (Å²) >= 11 is 0. The molecule has 0 saturated carbocycles. The summed E-state index contributed by atoms with van der Waals surface area (Å²) < 4.78 is 13.6. The van der Waals surface area contributed by atoms with Gasteiger partial charge in [-0.2, -0.15) is 0 Å². The van der Waals surface area contributed by atoms with Gasteiger partial charge in [-0.25, -0.2) is 4.98 Å². The number of hydrogen-bond acceptors (Lipinski definition) is 4. The van der Waals surface area contributed by atoms with Gasteiger partial charge in [0.1, 0.15) is 23.3 Å². The number of nitrogens with one attached hydrogen (secondary N) is 1. The van der Waals surface area contributed by atoms with Crippen molar-refractivity contribution in [2.75, 3.05) is 7.11 Å². The Morgan fingerprint density at radius 3 is 2.58 bits per heavy atom. The lowest BCUT2D eigenvalue weighted by atomic mass is 9.83. The maximum absolute atomic E-state index is 9.00. The quantitative estimate of drug-likeness (QED) is 0.427. The highest BCUT2D eigenvalue weighted by Gasteiger charge is 2.33. The molecule has 1 aliphatic heterocycles. The van der Waals surface area contributed by atoms with Crippen LogP contribution < -0.4 is 15.0 Å². The van der Waals surface area contributed by atoms with Crippen molar-refractivity contribution in [1.29, 1.82) is 5.41 Å². The van der Waals surface area contributed by atoms with Gasteiger partial charge >= 0.3 is 0 Å². The monoisotopic (exact) mass is 411 g/mol. The molecule has 0 amide bonds. The zero-order valence-corrected chi connectivity index (χ0v) is 17.9. The molecule has 0 fully saturated rings. The number of benzene rings is 3. The number of aromatic nitrogens is 2. The Labute approximate surface area is 181 Å². The maximum Gasteiger partial charge on any atom is 0.228 e. The lowest BCUT2D eigenvalue weighted by molar-refractivity contribution is 0.413. The zero-order valence-electron chi connectivity index (χ0n) is 17.9. The highest BCUT2D eigenvalue weighted by molar-refractivity contribution is 5.91. The Bertz CT molecular complexity index is 1320. The largest absolute Gasteiger partial charge is 0.497 e. The van der Waals surface area contributed by atoms with Gasteiger partial charge < -0.3 is 14.0 Å². The van der Waals surface area contributed by atoms with E-state index >= 15 is 0 Å². The fourth-order valence-electron chi connectivity index (χ4n) is 4.37. The molecule has 156 valence electrons. The molecule has 0 bridgehead atoms. The summed E-state index contributed by atoms with van der Waals surface area (Å²) in [6.07, 6.45) is 1.72. The molecule has 31 heavy (non-hydrogen) atoms. The average molecular weight is 412 g/mol. The molecule has 0 spiro atoms. The number of methoxy groups -OCH3 is 1. The van der Waals surface area contributed by atoms with Crippen molar-refractivity contribution >= 4 is 10.8 Å². The second kappa shape index (κ2) is 7.58. The minimum atomic E-state index is -0.145. The number of hydrogen-bond donors (Lipinski definition) is 1. The van der Waals surface area contributed by atoms with Gasteiger partial charge in [-0.15, -0.1) is 0 Å². The molecular weight excluding hydrogens is 386 g/mol. The molecular formula is C26H25N3O2. The maximum atomic E-state index is 9.00. The molecule has 4 aromatic rings. The molecule has 1 aliphatic rings. The van der Waals surface area contributed by atoms with E-state index in [9.17, 15) is 0 Å². The van der Waals surface area contributed by atoms with E-state index in [1.807, 2.05) is 28.8 Å². The van der Waals surface area contributed by atoms with Crippen molar-refractivity contribution in [3.63, 3.8) is 0 Å². The van der Waals surface area contributed by atoms with Crippen LogP contribution in [0, 0.1) is 11.3 Å². The highest BCUT2D eigenvalue weighted by Crippen LogP contribution is 2.47. The second-order valence-electron chi connectivity index (χ2n) is 8.37. The standard InChI is InChI=1S/C26H25N3O2/c1-16(2)14-29-15-28-26-23(25(29)27)22(18-8-11-19(30-3)12-9-18)21-13-10-17-6-4-5-7-20(17)24(21)31-26/h4-13,15-16,22,27H,14H2,1-3H3/t22-/m0/s1. The summed E-state index contributed by atoms with van der Waals surface area (Å²) in [6.45, 7) is 5.02. The fraction of sp³-hybridized carbons (Fsp3) is 0.231. The molecule has 0 unspecified atom stereocenters. The van der Waals surface area contributed by atoms with Crippen molar-refractivity contribution in [2.24, 2.45) is 5.92 Å². The van der Waals surface area contributed by atoms with Gasteiger partial charge in [-0.05, 0) is 29.0 Å². The molecule has 3 aromatic carbocycles. The lowest BCUT2D eigenvalue weighted by Gasteiger charge is -2.29. The van der Waals surface area contributed by atoms with Crippen molar-refractivity contribution < 1.29 is 9.47 Å². The van der Waals surface area contributed by atoms with Crippen LogP contribution in [-0.2, 0) is 6.54 Å². The van der Waals surface area contributed by atoms with Gasteiger partial charge in [-0.1, -0.05) is 62.4 Å². The molecule has 5 heteroatoms. The van der Waals surface area contributed by atoms with Crippen molar-refractivity contribution in [3.05, 3.63) is 89.2 Å². The van der Waals surface area contributed by atoms with E-state index in [0.29, 0.717) is 17.3 Å². The summed E-state index contributed by atoms with van der Waals surface area (Å²) in [7, 11) is 1.67. The van der Waals surface area contributed by atoms with Gasteiger partial charge in [0.2, 0.25) is 5.88 Å². The third kappa shape index (κ3) is 3.26. The first-order valence-electron chi connectivity index (χ1n) is 10.5. The second-order valence-corrected chi connectivity index (χ2v) is 8.37. The van der Waals surface area contributed by atoms with Crippen LogP contribution in [0.25, 0.3) is 10.8 Å². The average Bonchev–Trinajstić information content (AvgIpc) is 2.79. The molecule has 1 N–H and O–H groups in total. The molecule has 1 aromatic heterocycles. The Hall–Kier alpha value is -3.60. The van der Waals surface area contributed by atoms with Crippen LogP contribution in [0.15, 0.2) is 67.0 Å². The van der Waals surface area contributed by atoms with Crippen molar-refractivity contribution in [2.45, 2.75) is 26.3 Å². The van der Waals surface area contributed by atoms with Crippen LogP contribution in [0.4, 0.5) is 0 Å². The minimum Gasteiger partial charge on any atom is -0.497 e. The third-order valence-corrected chi connectivity index (χ3v) is 5.81. The minimum absolute atomic E-state index is 0.145. The van der Waals surface area contributed by atoms with Crippen LogP contribution in [0.3, 0.4) is 0 Å². The Kier molecular flexibility index (Phi) is 4.74. The van der Waals surface area contributed by atoms with E-state index < -0.39 is 0 Å². The van der Waals surface area contributed by atoms with Gasteiger partial charge in [0.25, 0.3) is 0 Å². The lowest BCUT2D eigenvalue weighted by Crippen LogP contribution is -2.31. The number of nitrogens with zero attached hydrogens (tertiary/aromatic N) is 2. The number of fused-ring (bicyclic) bond motifs is 4. The molecule has 5 rings (SSSR count). The van der Waals surface area contributed by atoms with Crippen molar-refractivity contribution in [1.82, 2.24) is 9.55 Å². The Morgan fingerprint density at radius 1 is 1.06 bits per heavy atom. The van der Waals surface area contributed by atoms with Gasteiger partial charge in [0.15, 0.2) is 0 Å². The Morgan fingerprint density at radius 2 is 1.84 bits per heavy atom. The first kappa shape index (κ1) is 19.4. The molecule has 5 nitrogen and oxygen atoms in total. The van der Waals surface area contributed by atoms with Gasteiger partial charge in [0, 0.05) is 23.4 Å². The predicted molar refractivity (Wildman–Crippen MR) is 121 cm³/mol. The van der Waals surface area contributed by atoms with Crippen LogP contribution in [0.2, 0.25) is 0 Å². The summed E-state index contributed by atoms with van der Waals surface area (Å²) in [6, 6.07) is 20.5. The van der Waals surface area contributed by atoms with E-state index in [0.717, 1.165) is 45.5 Å². The summed E-state index contributed by atoms with van der Waals surface area (Å²) in [5, 5.41) is 11.2. The third-order valence-electron chi connectivity index (χ3n) is 5.81. The molecule has 0 saturated heterocycles. The fourth-order valence-corrected chi connectivity index (χ4v) is 4.37. The van der Waals surface area contributed by atoms with Crippen molar-refractivity contribution in [3.8, 4) is 17.4 Å². The summed E-state index contributed by atoms with van der Waals surface area (Å²) in [4.78, 5) is 4.64. The van der Waals surface area contributed by atoms with E-state index in [2.05, 4.69) is 55.2 Å². The molecule has 1 atom stereocenters. The zero-order chi connectivity index (χ0) is 21.5. The van der Waals surface area contributed by atoms with E-state index in [-0.39, 0.29) is 5.92 Å². The van der Waals surface area contributed by atoms with Crippen LogP contribution >= 0.6 is 0 Å². The summed E-state index contributed by atoms with van der Waals surface area (Å²) in [5.41, 5.74) is 3.38. The normalized spacial score (nSPS) is 14.8. The van der Waals surface area contributed by atoms with Gasteiger partial charge in [0.05, 0.1) is 12.7 Å². The molecule has 2 heterocycles. The smallest absolute Gasteiger partial charge is 0.228 e. The SMILES string of the molecule is COc1ccc([C@H]2c3ccc4ccccc4c3Oc3ncn(CC(C)C)c(=N)c32)cc1. The van der Waals surface area contributed by atoms with E-state index in [1.165, 1.54) is 0 Å². The number of rotatable bonds is 4. The van der Waals surface area contributed by atoms with Crippen LogP contribution in [-0.4, -0.2) is 16.7 Å². The first-order valence-corrected chi connectivity index (χ1v) is 10.5. The molecule has 0 radical (unpaired) electrons. The van der Waals surface area contributed by atoms with Crippen LogP contribution in [0.1, 0.15) is 36.5 Å². The van der Waals surface area contributed by atoms with Gasteiger partial charge in [-0.3, -0.25) is 5.41 Å². The highest BCUT2D eigenvalue weighted by atomic mass is 16.5. The first-order chi connectivity index (χ1) is 15.1. The van der Waals surface area contributed by atoms with Crippen LogP contribution in [0.5, 0.6) is 17.4 Å². The topological polar surface area (TPSA) is 60.1 Å². The molecule has 0 aliphatic carbocycles. The van der Waals surface area contributed by atoms with E-state index in [1.54, 1.807) is 13.4 Å². The number of ether oxygens (including phenoxy) is 2. The van der Waals surface area contributed by atoms with E-state index in [4.69, 9.17) is 14.9 Å². The Balaban J connectivity index is 1.78. The summed E-state index contributed by atoms with van der Waals surface area (Å²) in [5.74, 6) is 2.40.